The number of H-pyrrole nitrogens is 1. The van der Waals surface area contributed by atoms with Gasteiger partial charge in [0.2, 0.25) is 5.91 Å². The number of fused-ring (bicyclic) bond motifs is 1. The molecule has 2 aromatic heterocycles. The van der Waals surface area contributed by atoms with E-state index in [2.05, 4.69) is 20.5 Å². The molecule has 0 radical (unpaired) electrons. The Hall–Kier alpha value is -2.69. The molecule has 2 N–H and O–H groups in total. The summed E-state index contributed by atoms with van der Waals surface area (Å²) < 4.78 is 0. The molecule has 1 aromatic carbocycles. The lowest BCUT2D eigenvalue weighted by Crippen LogP contribution is -2.13. The van der Waals surface area contributed by atoms with Crippen LogP contribution in [-0.4, -0.2) is 21.1 Å². The number of nitrogens with one attached hydrogen (secondary N) is 2. The van der Waals surface area contributed by atoms with Crippen molar-refractivity contribution in [3.8, 4) is 0 Å². The highest BCUT2D eigenvalue weighted by molar-refractivity contribution is 6.01. The van der Waals surface area contributed by atoms with E-state index in [0.717, 1.165) is 39.2 Å². The maximum absolute atomic E-state index is 12.3. The fourth-order valence-corrected chi connectivity index (χ4v) is 2.80. The smallest absolute Gasteiger partial charge is 0.224 e. The topological polar surface area (TPSA) is 70.7 Å². The van der Waals surface area contributed by atoms with Gasteiger partial charge in [0.1, 0.15) is 0 Å². The quantitative estimate of drug-likeness (QED) is 0.775. The molecule has 5 heteroatoms. The predicted octanol–water partition coefficient (Wildman–Crippen LogP) is 3.45. The number of pyridine rings is 1. The van der Waals surface area contributed by atoms with Gasteiger partial charge in [-0.05, 0) is 44.9 Å². The molecule has 0 aliphatic carbocycles. The van der Waals surface area contributed by atoms with Crippen LogP contribution in [0, 0.1) is 20.8 Å². The molecule has 0 unspecified atom stereocenters. The van der Waals surface area contributed by atoms with Crippen LogP contribution >= 0.6 is 0 Å². The van der Waals surface area contributed by atoms with Crippen molar-refractivity contribution in [3.05, 3.63) is 53.0 Å². The molecule has 0 fully saturated rings. The number of aromatic amines is 1. The number of carbonyl (C=O) groups excluding carboxylic acids is 1. The van der Waals surface area contributed by atoms with Gasteiger partial charge in [-0.15, -0.1) is 0 Å². The summed E-state index contributed by atoms with van der Waals surface area (Å²) in [6.07, 6.45) is 1.11. The molecule has 0 spiro atoms. The van der Waals surface area contributed by atoms with Crippen molar-refractivity contribution in [2.24, 2.45) is 0 Å². The summed E-state index contributed by atoms with van der Waals surface area (Å²) in [5, 5.41) is 11.1. The number of benzene rings is 1. The number of carbonyl (C=O) groups is 1. The molecular formula is C18H20N4O. The van der Waals surface area contributed by atoms with E-state index in [-0.39, 0.29) is 5.91 Å². The predicted molar refractivity (Wildman–Crippen MR) is 91.5 cm³/mol. The zero-order valence-electron chi connectivity index (χ0n) is 13.6. The summed E-state index contributed by atoms with van der Waals surface area (Å²) >= 11 is 0. The largest absolute Gasteiger partial charge is 0.325 e. The summed E-state index contributed by atoms with van der Waals surface area (Å²) in [5.74, 6) is 0.000697. The minimum atomic E-state index is 0.000697. The van der Waals surface area contributed by atoms with Crippen LogP contribution in [-0.2, 0) is 11.2 Å². The van der Waals surface area contributed by atoms with Crippen molar-refractivity contribution in [3.63, 3.8) is 0 Å². The third-order valence-corrected chi connectivity index (χ3v) is 4.00. The van der Waals surface area contributed by atoms with Crippen molar-refractivity contribution in [2.45, 2.75) is 33.6 Å². The lowest BCUT2D eigenvalue weighted by molar-refractivity contribution is -0.116. The van der Waals surface area contributed by atoms with E-state index >= 15 is 0 Å². The number of amides is 1. The Balaban J connectivity index is 1.76. The number of hydrogen-bond acceptors (Lipinski definition) is 3. The van der Waals surface area contributed by atoms with Gasteiger partial charge in [0.15, 0.2) is 0 Å². The van der Waals surface area contributed by atoms with Gasteiger partial charge in [-0.3, -0.25) is 14.9 Å². The third-order valence-electron chi connectivity index (χ3n) is 4.00. The maximum Gasteiger partial charge on any atom is 0.224 e. The van der Waals surface area contributed by atoms with Crippen LogP contribution in [0.2, 0.25) is 0 Å². The highest BCUT2D eigenvalue weighted by Crippen LogP contribution is 2.23. The molecule has 5 nitrogen and oxygen atoms in total. The van der Waals surface area contributed by atoms with E-state index in [1.165, 1.54) is 0 Å². The second kappa shape index (κ2) is 6.20. The van der Waals surface area contributed by atoms with Crippen LogP contribution in [0.3, 0.4) is 0 Å². The first-order valence-corrected chi connectivity index (χ1v) is 7.71. The van der Waals surface area contributed by atoms with Gasteiger partial charge in [0, 0.05) is 23.2 Å². The molecule has 0 saturated heterocycles. The summed E-state index contributed by atoms with van der Waals surface area (Å²) in [7, 11) is 0. The lowest BCUT2D eigenvalue weighted by Gasteiger charge is -2.10. The Kier molecular flexibility index (Phi) is 4.10. The molecule has 23 heavy (non-hydrogen) atoms. The first-order chi connectivity index (χ1) is 11.0. The zero-order valence-corrected chi connectivity index (χ0v) is 13.6. The Morgan fingerprint density at radius 2 is 2.00 bits per heavy atom. The third kappa shape index (κ3) is 3.23. The Bertz CT molecular complexity index is 847. The zero-order chi connectivity index (χ0) is 16.4. The van der Waals surface area contributed by atoms with Crippen LogP contribution in [0.4, 0.5) is 5.69 Å². The van der Waals surface area contributed by atoms with Gasteiger partial charge in [-0.1, -0.05) is 18.2 Å². The van der Waals surface area contributed by atoms with Gasteiger partial charge < -0.3 is 5.32 Å². The molecule has 0 aliphatic rings. The summed E-state index contributed by atoms with van der Waals surface area (Å²) in [4.78, 5) is 16.8. The van der Waals surface area contributed by atoms with Gasteiger partial charge in [-0.25, -0.2) is 0 Å². The minimum Gasteiger partial charge on any atom is -0.325 e. The Labute approximate surface area is 135 Å². The number of aryl methyl sites for hydroxylation is 3. The molecule has 0 bridgehead atoms. The molecule has 3 aromatic rings. The van der Waals surface area contributed by atoms with E-state index in [1.807, 2.05) is 51.1 Å². The van der Waals surface area contributed by atoms with Crippen molar-refractivity contribution in [1.82, 2.24) is 15.2 Å². The molecule has 1 amide bonds. The van der Waals surface area contributed by atoms with Crippen molar-refractivity contribution in [1.29, 1.82) is 0 Å². The molecule has 3 rings (SSSR count). The average molecular weight is 308 g/mol. The van der Waals surface area contributed by atoms with Gasteiger partial charge in [0.25, 0.3) is 0 Å². The summed E-state index contributed by atoms with van der Waals surface area (Å²) in [5.41, 5.74) is 5.71. The number of rotatable bonds is 4. The van der Waals surface area contributed by atoms with Crippen LogP contribution < -0.4 is 5.32 Å². The Morgan fingerprint density at radius 3 is 2.74 bits per heavy atom. The van der Waals surface area contributed by atoms with E-state index in [1.54, 1.807) is 0 Å². The van der Waals surface area contributed by atoms with Crippen LogP contribution in [0.15, 0.2) is 30.3 Å². The first-order valence-electron chi connectivity index (χ1n) is 7.71. The second-order valence-corrected chi connectivity index (χ2v) is 5.79. The minimum absolute atomic E-state index is 0.000697. The number of anilines is 1. The van der Waals surface area contributed by atoms with Crippen LogP contribution in [0.25, 0.3) is 10.9 Å². The second-order valence-electron chi connectivity index (χ2n) is 5.79. The van der Waals surface area contributed by atoms with Crippen molar-refractivity contribution in [2.75, 3.05) is 5.32 Å². The molecule has 0 saturated carbocycles. The monoisotopic (exact) mass is 308 g/mol. The summed E-state index contributed by atoms with van der Waals surface area (Å²) in [6, 6.07) is 9.74. The van der Waals surface area contributed by atoms with Crippen LogP contribution in [0.1, 0.15) is 29.1 Å². The van der Waals surface area contributed by atoms with Crippen molar-refractivity contribution >= 4 is 22.5 Å². The summed E-state index contributed by atoms with van der Waals surface area (Å²) in [6.45, 7) is 5.86. The molecule has 0 aliphatic heterocycles. The fourth-order valence-electron chi connectivity index (χ4n) is 2.80. The molecule has 2 heterocycles. The standard InChI is InChI=1S/C18H20N4O/c1-11-10-17(15-6-4-5-7-16(15)19-11)20-18(23)9-8-14-12(2)21-22-13(14)3/h4-7,10H,8-9H2,1-3H3,(H,21,22)(H,19,20,23). The molecule has 118 valence electrons. The maximum atomic E-state index is 12.3. The van der Waals surface area contributed by atoms with Gasteiger partial charge >= 0.3 is 0 Å². The molecular weight excluding hydrogens is 288 g/mol. The van der Waals surface area contributed by atoms with E-state index in [0.29, 0.717) is 12.8 Å². The highest BCUT2D eigenvalue weighted by atomic mass is 16.1. The Morgan fingerprint density at radius 1 is 1.22 bits per heavy atom. The number of hydrogen-bond donors (Lipinski definition) is 2. The number of para-hydroxylation sites is 1. The van der Waals surface area contributed by atoms with Crippen LogP contribution in [0.5, 0.6) is 0 Å². The van der Waals surface area contributed by atoms with E-state index in [9.17, 15) is 4.79 Å². The number of aromatic nitrogens is 3. The van der Waals surface area contributed by atoms with Crippen molar-refractivity contribution < 1.29 is 4.79 Å². The normalized spacial score (nSPS) is 10.9. The first kappa shape index (κ1) is 15.2. The van der Waals surface area contributed by atoms with Gasteiger partial charge in [-0.2, -0.15) is 5.10 Å². The lowest BCUT2D eigenvalue weighted by atomic mass is 10.1. The van der Waals surface area contributed by atoms with Gasteiger partial charge in [0.05, 0.1) is 16.9 Å². The highest BCUT2D eigenvalue weighted by Gasteiger charge is 2.11. The van der Waals surface area contributed by atoms with E-state index in [4.69, 9.17) is 0 Å². The SMILES string of the molecule is Cc1cc(NC(=O)CCc2c(C)n[nH]c2C)c2ccccc2n1. The fraction of sp³-hybridized carbons (Fsp3) is 0.278. The van der Waals surface area contributed by atoms with E-state index < -0.39 is 0 Å². The average Bonchev–Trinajstić information content (AvgIpc) is 2.84. The molecule has 0 atom stereocenters. The number of nitrogens with zero attached hydrogens (tertiary/aromatic N) is 2.